The fraction of sp³-hybridized carbons (Fsp3) is 0.143. The SMILES string of the molecule is Cc1ccc(N=O)cc1I. The monoisotopic (exact) mass is 247 g/mol. The number of rotatable bonds is 1. The molecule has 0 unspecified atom stereocenters. The van der Waals surface area contributed by atoms with Gasteiger partial charge < -0.3 is 0 Å². The third-order valence-electron chi connectivity index (χ3n) is 1.26. The summed E-state index contributed by atoms with van der Waals surface area (Å²) in [6.45, 7) is 2.00. The van der Waals surface area contributed by atoms with E-state index >= 15 is 0 Å². The van der Waals surface area contributed by atoms with E-state index in [1.54, 1.807) is 12.1 Å². The lowest BCUT2D eigenvalue weighted by atomic mass is 10.2. The van der Waals surface area contributed by atoms with E-state index < -0.39 is 0 Å². The quantitative estimate of drug-likeness (QED) is 0.554. The molecule has 0 fully saturated rings. The van der Waals surface area contributed by atoms with E-state index in [0.717, 1.165) is 3.57 Å². The highest BCUT2D eigenvalue weighted by Crippen LogP contribution is 2.18. The number of hydrogen-bond acceptors (Lipinski definition) is 2. The summed E-state index contributed by atoms with van der Waals surface area (Å²) in [6, 6.07) is 5.37. The highest BCUT2D eigenvalue weighted by atomic mass is 127. The first kappa shape index (κ1) is 7.65. The van der Waals surface area contributed by atoms with E-state index in [4.69, 9.17) is 0 Å². The molecule has 10 heavy (non-hydrogen) atoms. The Labute approximate surface area is 72.8 Å². The third-order valence-corrected chi connectivity index (χ3v) is 2.42. The largest absolute Gasteiger partial charge is 0.145 e. The number of nitroso groups, excluding NO2 is 1. The molecule has 0 saturated carbocycles. The minimum atomic E-state index is 0.495. The van der Waals surface area contributed by atoms with Crippen molar-refractivity contribution in [1.29, 1.82) is 0 Å². The van der Waals surface area contributed by atoms with Crippen molar-refractivity contribution in [2.45, 2.75) is 6.92 Å². The molecule has 0 amide bonds. The molecule has 0 bridgehead atoms. The zero-order valence-electron chi connectivity index (χ0n) is 5.47. The predicted molar refractivity (Wildman–Crippen MR) is 49.4 cm³/mol. The van der Waals surface area contributed by atoms with Gasteiger partial charge in [0.2, 0.25) is 0 Å². The average molecular weight is 247 g/mol. The summed E-state index contributed by atoms with van der Waals surface area (Å²) in [5, 5.41) is 2.82. The summed E-state index contributed by atoms with van der Waals surface area (Å²) in [5.74, 6) is 0. The molecule has 0 aliphatic heterocycles. The molecule has 1 aromatic carbocycles. The van der Waals surface area contributed by atoms with Gasteiger partial charge in [-0.1, -0.05) is 6.07 Å². The Morgan fingerprint density at radius 2 is 2.20 bits per heavy atom. The Bertz CT molecular complexity index is 260. The molecule has 0 saturated heterocycles. The van der Waals surface area contributed by atoms with Crippen LogP contribution in [0.25, 0.3) is 0 Å². The highest BCUT2D eigenvalue weighted by molar-refractivity contribution is 14.1. The lowest BCUT2D eigenvalue weighted by Crippen LogP contribution is -1.76. The molecule has 0 aromatic heterocycles. The average Bonchev–Trinajstić information content (AvgIpc) is 1.95. The van der Waals surface area contributed by atoms with Gasteiger partial charge in [-0.3, -0.25) is 0 Å². The van der Waals surface area contributed by atoms with Crippen LogP contribution in [0.4, 0.5) is 5.69 Å². The summed E-state index contributed by atoms with van der Waals surface area (Å²) < 4.78 is 1.08. The van der Waals surface area contributed by atoms with Gasteiger partial charge in [-0.15, -0.1) is 4.91 Å². The molecule has 3 heteroatoms. The number of benzene rings is 1. The smallest absolute Gasteiger partial charge is 0.109 e. The molecule has 1 aromatic rings. The van der Waals surface area contributed by atoms with Gasteiger partial charge in [-0.25, -0.2) is 0 Å². The van der Waals surface area contributed by atoms with E-state index in [2.05, 4.69) is 27.8 Å². The van der Waals surface area contributed by atoms with Crippen LogP contribution in [-0.4, -0.2) is 0 Å². The van der Waals surface area contributed by atoms with Gasteiger partial charge in [0.25, 0.3) is 0 Å². The van der Waals surface area contributed by atoms with E-state index in [0.29, 0.717) is 5.69 Å². The summed E-state index contributed by atoms with van der Waals surface area (Å²) >= 11 is 2.17. The minimum Gasteiger partial charge on any atom is -0.145 e. The van der Waals surface area contributed by atoms with Crippen molar-refractivity contribution in [2.24, 2.45) is 5.18 Å². The molecular weight excluding hydrogens is 241 g/mol. The number of hydrogen-bond donors (Lipinski definition) is 0. The van der Waals surface area contributed by atoms with Gasteiger partial charge in [-0.05, 0) is 52.4 Å². The lowest BCUT2D eigenvalue weighted by molar-refractivity contribution is 1.39. The molecular formula is C7H6INO. The standard InChI is InChI=1S/C7H6INO/c1-5-2-3-6(9-10)4-7(5)8/h2-4H,1H3. The first-order chi connectivity index (χ1) is 4.74. The highest BCUT2D eigenvalue weighted by Gasteiger charge is 1.95. The van der Waals surface area contributed by atoms with Crippen LogP contribution in [0.2, 0.25) is 0 Å². The first-order valence-electron chi connectivity index (χ1n) is 2.83. The molecule has 0 aliphatic rings. The molecule has 1 rings (SSSR count). The van der Waals surface area contributed by atoms with E-state index in [1.165, 1.54) is 5.56 Å². The van der Waals surface area contributed by atoms with Crippen LogP contribution in [-0.2, 0) is 0 Å². The van der Waals surface area contributed by atoms with Crippen molar-refractivity contribution in [2.75, 3.05) is 0 Å². The number of halogens is 1. The Morgan fingerprint density at radius 3 is 2.70 bits per heavy atom. The van der Waals surface area contributed by atoms with E-state index in [1.807, 2.05) is 13.0 Å². The molecule has 0 atom stereocenters. The summed E-state index contributed by atoms with van der Waals surface area (Å²) in [7, 11) is 0. The van der Waals surface area contributed by atoms with Crippen LogP contribution >= 0.6 is 22.6 Å². The maximum Gasteiger partial charge on any atom is 0.109 e. The van der Waals surface area contributed by atoms with Crippen LogP contribution in [0, 0.1) is 15.4 Å². The van der Waals surface area contributed by atoms with Crippen molar-refractivity contribution in [1.82, 2.24) is 0 Å². The zero-order chi connectivity index (χ0) is 7.56. The van der Waals surface area contributed by atoms with Crippen molar-refractivity contribution in [3.63, 3.8) is 0 Å². The maximum atomic E-state index is 10.0. The van der Waals surface area contributed by atoms with Gasteiger partial charge in [0.05, 0.1) is 0 Å². The molecule has 0 aliphatic carbocycles. The Balaban J connectivity index is 3.16. The van der Waals surface area contributed by atoms with Crippen LogP contribution in [0.15, 0.2) is 23.4 Å². The fourth-order valence-corrected chi connectivity index (χ4v) is 1.14. The zero-order valence-corrected chi connectivity index (χ0v) is 7.62. The summed E-state index contributed by atoms with van der Waals surface area (Å²) in [5.41, 5.74) is 1.67. The van der Waals surface area contributed by atoms with Crippen molar-refractivity contribution in [3.05, 3.63) is 32.2 Å². The van der Waals surface area contributed by atoms with Crippen molar-refractivity contribution in [3.8, 4) is 0 Å². The van der Waals surface area contributed by atoms with Gasteiger partial charge in [0, 0.05) is 3.57 Å². The van der Waals surface area contributed by atoms with E-state index in [9.17, 15) is 4.91 Å². The molecule has 0 spiro atoms. The molecule has 0 radical (unpaired) electrons. The first-order valence-corrected chi connectivity index (χ1v) is 3.91. The molecule has 0 heterocycles. The lowest BCUT2D eigenvalue weighted by Gasteiger charge is -1.95. The second-order valence-corrected chi connectivity index (χ2v) is 3.19. The molecule has 0 N–H and O–H groups in total. The molecule has 52 valence electrons. The number of nitrogens with zero attached hydrogens (tertiary/aromatic N) is 1. The second kappa shape index (κ2) is 3.09. The van der Waals surface area contributed by atoms with Crippen LogP contribution in [0.3, 0.4) is 0 Å². The second-order valence-electron chi connectivity index (χ2n) is 2.02. The van der Waals surface area contributed by atoms with Crippen LogP contribution < -0.4 is 0 Å². The van der Waals surface area contributed by atoms with Gasteiger partial charge in [-0.2, -0.15) is 0 Å². The summed E-state index contributed by atoms with van der Waals surface area (Å²) in [4.78, 5) is 10.0. The Hall–Kier alpha value is -0.450. The van der Waals surface area contributed by atoms with Crippen molar-refractivity contribution >= 4 is 28.3 Å². The topological polar surface area (TPSA) is 29.4 Å². The Morgan fingerprint density at radius 1 is 1.50 bits per heavy atom. The fourth-order valence-electron chi connectivity index (χ4n) is 0.639. The normalized spacial score (nSPS) is 9.40. The van der Waals surface area contributed by atoms with Crippen molar-refractivity contribution < 1.29 is 0 Å². The number of aryl methyl sites for hydroxylation is 1. The van der Waals surface area contributed by atoms with Crippen LogP contribution in [0.5, 0.6) is 0 Å². The molecule has 2 nitrogen and oxygen atoms in total. The minimum absolute atomic E-state index is 0.495. The summed E-state index contributed by atoms with van der Waals surface area (Å²) in [6.07, 6.45) is 0. The van der Waals surface area contributed by atoms with Gasteiger partial charge in [0.15, 0.2) is 0 Å². The van der Waals surface area contributed by atoms with Gasteiger partial charge in [0.1, 0.15) is 5.69 Å². The Kier molecular flexibility index (Phi) is 2.37. The third kappa shape index (κ3) is 1.53. The maximum absolute atomic E-state index is 10.0. The predicted octanol–water partition coefficient (Wildman–Crippen LogP) is 3.00. The van der Waals surface area contributed by atoms with Crippen LogP contribution in [0.1, 0.15) is 5.56 Å². The van der Waals surface area contributed by atoms with Gasteiger partial charge >= 0.3 is 0 Å². The van der Waals surface area contributed by atoms with E-state index in [-0.39, 0.29) is 0 Å².